The van der Waals surface area contributed by atoms with Crippen LogP contribution in [0.25, 0.3) is 5.57 Å². The first-order valence-electron chi connectivity index (χ1n) is 8.17. The van der Waals surface area contributed by atoms with Gasteiger partial charge in [0.15, 0.2) is 0 Å². The Morgan fingerprint density at radius 1 is 1.15 bits per heavy atom. The minimum absolute atomic E-state index is 0.364. The average Bonchev–Trinajstić information content (AvgIpc) is 2.66. The number of primary amides is 1. The highest BCUT2D eigenvalue weighted by Gasteiger charge is 2.23. The quantitative estimate of drug-likeness (QED) is 0.755. The zero-order valence-corrected chi connectivity index (χ0v) is 15.6. The molecule has 0 saturated carbocycles. The van der Waals surface area contributed by atoms with Gasteiger partial charge < -0.3 is 15.2 Å². The van der Waals surface area contributed by atoms with Crippen LogP contribution < -0.4 is 5.73 Å². The third-order valence-corrected chi connectivity index (χ3v) is 4.58. The van der Waals surface area contributed by atoms with Gasteiger partial charge in [-0.25, -0.2) is 4.79 Å². The van der Waals surface area contributed by atoms with Gasteiger partial charge >= 0.3 is 5.97 Å². The van der Waals surface area contributed by atoms with Crippen LogP contribution in [0.15, 0.2) is 59.1 Å². The summed E-state index contributed by atoms with van der Waals surface area (Å²) in [6.45, 7) is 1.30. The van der Waals surface area contributed by atoms with Crippen LogP contribution in [0.1, 0.15) is 34.0 Å². The highest BCUT2D eigenvalue weighted by atomic mass is 79.9. The van der Waals surface area contributed by atoms with Crippen molar-refractivity contribution in [1.82, 2.24) is 0 Å². The van der Waals surface area contributed by atoms with E-state index in [1.165, 1.54) is 5.57 Å². The Labute approximate surface area is 159 Å². The van der Waals surface area contributed by atoms with E-state index in [9.17, 15) is 9.59 Å². The van der Waals surface area contributed by atoms with Gasteiger partial charge in [0.25, 0.3) is 5.91 Å². The van der Waals surface area contributed by atoms with Gasteiger partial charge in [-0.1, -0.05) is 46.3 Å². The fraction of sp³-hybridized carbons (Fsp3) is 0.200. The molecule has 0 fully saturated rings. The zero-order valence-electron chi connectivity index (χ0n) is 14.0. The molecule has 26 heavy (non-hydrogen) atoms. The highest BCUT2D eigenvalue weighted by Crippen LogP contribution is 2.24. The van der Waals surface area contributed by atoms with Crippen molar-refractivity contribution in [2.75, 3.05) is 13.2 Å². The normalized spacial score (nSPS) is 15.0. The molecule has 2 N–H and O–H groups in total. The van der Waals surface area contributed by atoms with Gasteiger partial charge in [-0.2, -0.15) is 0 Å². The lowest BCUT2D eigenvalue weighted by atomic mass is 10.0. The molecule has 0 aliphatic carbocycles. The third-order valence-electron chi connectivity index (χ3n) is 4.09. The summed E-state index contributed by atoms with van der Waals surface area (Å²) in [5.41, 5.74) is 8.54. The molecule has 1 atom stereocenters. The molecule has 1 aliphatic heterocycles. The number of benzene rings is 2. The Balaban J connectivity index is 1.75. The third kappa shape index (κ3) is 4.39. The van der Waals surface area contributed by atoms with E-state index in [1.807, 2.05) is 24.3 Å². The van der Waals surface area contributed by atoms with E-state index in [0.29, 0.717) is 24.3 Å². The number of nitrogens with two attached hydrogens (primary N) is 1. The van der Waals surface area contributed by atoms with E-state index in [-0.39, 0.29) is 0 Å². The summed E-state index contributed by atoms with van der Waals surface area (Å²) >= 11 is 3.33. The molecule has 2 aromatic carbocycles. The Hall–Kier alpha value is -2.44. The molecule has 0 radical (unpaired) electrons. The predicted molar refractivity (Wildman–Crippen MR) is 101 cm³/mol. The van der Waals surface area contributed by atoms with E-state index in [0.717, 1.165) is 16.5 Å². The number of amides is 1. The molecule has 6 heteroatoms. The van der Waals surface area contributed by atoms with Crippen molar-refractivity contribution in [1.29, 1.82) is 0 Å². The molecule has 134 valence electrons. The van der Waals surface area contributed by atoms with Crippen molar-refractivity contribution in [2.45, 2.75) is 12.5 Å². The van der Waals surface area contributed by atoms with E-state index < -0.39 is 18.0 Å². The summed E-state index contributed by atoms with van der Waals surface area (Å²) in [5.74, 6) is -1.32. The lowest BCUT2D eigenvalue weighted by molar-refractivity contribution is -0.127. The van der Waals surface area contributed by atoms with Gasteiger partial charge in [0.2, 0.25) is 6.10 Å². The van der Waals surface area contributed by atoms with Gasteiger partial charge in [-0.3, -0.25) is 4.79 Å². The molecular weight excluding hydrogens is 398 g/mol. The highest BCUT2D eigenvalue weighted by molar-refractivity contribution is 9.10. The van der Waals surface area contributed by atoms with Crippen LogP contribution in [0, 0.1) is 0 Å². The van der Waals surface area contributed by atoms with Crippen LogP contribution in [0.2, 0.25) is 0 Å². The first kappa shape index (κ1) is 18.4. The summed E-state index contributed by atoms with van der Waals surface area (Å²) in [6, 6.07) is 14.1. The van der Waals surface area contributed by atoms with Crippen LogP contribution >= 0.6 is 15.9 Å². The maximum atomic E-state index is 12.4. The minimum atomic E-state index is -1.14. The molecule has 1 aliphatic rings. The smallest absolute Gasteiger partial charge is 0.339 e. The van der Waals surface area contributed by atoms with E-state index in [4.69, 9.17) is 15.2 Å². The van der Waals surface area contributed by atoms with Gasteiger partial charge in [-0.15, -0.1) is 0 Å². The summed E-state index contributed by atoms with van der Waals surface area (Å²) in [5, 5.41) is 0. The molecule has 1 unspecified atom stereocenters. The second-order valence-electron chi connectivity index (χ2n) is 5.87. The van der Waals surface area contributed by atoms with Crippen LogP contribution in [0.5, 0.6) is 0 Å². The molecule has 2 aromatic rings. The van der Waals surface area contributed by atoms with Gasteiger partial charge in [-0.05, 0) is 41.8 Å². The molecule has 5 nitrogen and oxygen atoms in total. The Morgan fingerprint density at radius 3 is 2.54 bits per heavy atom. The van der Waals surface area contributed by atoms with Crippen molar-refractivity contribution in [3.8, 4) is 0 Å². The lowest BCUT2D eigenvalue weighted by Gasteiger charge is -2.16. The molecule has 0 aromatic heterocycles. The van der Waals surface area contributed by atoms with Crippen molar-refractivity contribution >= 4 is 33.4 Å². The summed E-state index contributed by atoms with van der Waals surface area (Å²) < 4.78 is 11.4. The fourth-order valence-electron chi connectivity index (χ4n) is 2.74. The maximum Gasteiger partial charge on any atom is 0.339 e. The lowest BCUT2D eigenvalue weighted by Crippen LogP contribution is -2.26. The Bertz CT molecular complexity index is 845. The SMILES string of the molecule is NC(=O)C(OC(=O)c1ccc(C2=CCOCC2)cc1)c1cccc(Br)c1. The van der Waals surface area contributed by atoms with E-state index in [2.05, 4.69) is 15.9 Å². The second kappa shape index (κ2) is 8.29. The standard InChI is InChI=1S/C20H18BrNO4/c21-17-3-1-2-16(12-17)18(19(22)23)26-20(24)15-6-4-13(5-7-15)14-8-10-25-11-9-14/h1-8,12,18H,9-11H2,(H2,22,23). The first-order chi connectivity index (χ1) is 12.5. The number of halogens is 1. The summed E-state index contributed by atoms with van der Waals surface area (Å²) in [7, 11) is 0. The van der Waals surface area contributed by atoms with Crippen LogP contribution in [-0.2, 0) is 14.3 Å². The summed E-state index contributed by atoms with van der Waals surface area (Å²) in [6.07, 6.45) is 1.74. The molecule has 0 spiro atoms. The number of carbonyl (C=O) groups is 2. The van der Waals surface area contributed by atoms with Gasteiger partial charge in [0.05, 0.1) is 18.8 Å². The van der Waals surface area contributed by atoms with Crippen LogP contribution in [0.3, 0.4) is 0 Å². The zero-order chi connectivity index (χ0) is 18.5. The molecular formula is C20H18BrNO4. The Kier molecular flexibility index (Phi) is 5.85. The van der Waals surface area contributed by atoms with E-state index >= 15 is 0 Å². The minimum Gasteiger partial charge on any atom is -0.444 e. The Morgan fingerprint density at radius 2 is 1.92 bits per heavy atom. The number of ether oxygens (including phenoxy) is 2. The molecule has 0 saturated heterocycles. The number of hydrogen-bond acceptors (Lipinski definition) is 4. The largest absolute Gasteiger partial charge is 0.444 e. The van der Waals surface area contributed by atoms with Crippen molar-refractivity contribution in [3.05, 3.63) is 75.8 Å². The monoisotopic (exact) mass is 415 g/mol. The average molecular weight is 416 g/mol. The molecule has 3 rings (SSSR count). The van der Waals surface area contributed by atoms with Crippen LogP contribution in [0.4, 0.5) is 0 Å². The van der Waals surface area contributed by atoms with E-state index in [1.54, 1.807) is 30.3 Å². The predicted octanol–water partition coefficient (Wildman–Crippen LogP) is 3.64. The fourth-order valence-corrected chi connectivity index (χ4v) is 3.16. The van der Waals surface area contributed by atoms with Crippen LogP contribution in [-0.4, -0.2) is 25.1 Å². The van der Waals surface area contributed by atoms with Gasteiger partial charge in [0, 0.05) is 10.0 Å². The first-order valence-corrected chi connectivity index (χ1v) is 8.97. The van der Waals surface area contributed by atoms with Gasteiger partial charge in [0.1, 0.15) is 0 Å². The molecule has 1 heterocycles. The number of hydrogen-bond donors (Lipinski definition) is 1. The molecule has 1 amide bonds. The second-order valence-corrected chi connectivity index (χ2v) is 6.79. The summed E-state index contributed by atoms with van der Waals surface area (Å²) in [4.78, 5) is 24.2. The number of esters is 1. The maximum absolute atomic E-state index is 12.4. The number of rotatable bonds is 5. The van der Waals surface area contributed by atoms with Crippen molar-refractivity contribution < 1.29 is 19.1 Å². The van der Waals surface area contributed by atoms with Crippen molar-refractivity contribution in [2.24, 2.45) is 5.73 Å². The topological polar surface area (TPSA) is 78.6 Å². The number of carbonyl (C=O) groups excluding carboxylic acids is 2. The van der Waals surface area contributed by atoms with Crippen molar-refractivity contribution in [3.63, 3.8) is 0 Å². The molecule has 0 bridgehead atoms.